The van der Waals surface area contributed by atoms with Gasteiger partial charge in [-0.3, -0.25) is 4.68 Å². The van der Waals surface area contributed by atoms with Crippen LogP contribution in [0.5, 0.6) is 0 Å². The van der Waals surface area contributed by atoms with Gasteiger partial charge < -0.3 is 0 Å². The molecule has 0 spiro atoms. The molecule has 0 bridgehead atoms. The highest BCUT2D eigenvalue weighted by Gasteiger charge is 2.30. The van der Waals surface area contributed by atoms with Crippen LogP contribution in [0.15, 0.2) is 6.20 Å². The standard InChI is InChI=1S/C11H19Cl2N3/c1-9(2)4-11(7-12,8-13)5-10-6-16(3)15-14-10/h6,9H,4-5,7-8H2,1-3H3. The van der Waals surface area contributed by atoms with Gasteiger partial charge in [-0.05, 0) is 12.3 Å². The minimum absolute atomic E-state index is 0.0622. The van der Waals surface area contributed by atoms with Crippen molar-refractivity contribution in [3.05, 3.63) is 11.9 Å². The van der Waals surface area contributed by atoms with Crippen LogP contribution in [0.25, 0.3) is 0 Å². The first kappa shape index (κ1) is 13.8. The van der Waals surface area contributed by atoms with E-state index < -0.39 is 0 Å². The Labute approximate surface area is 107 Å². The topological polar surface area (TPSA) is 30.7 Å². The molecule has 92 valence electrons. The second kappa shape index (κ2) is 5.87. The smallest absolute Gasteiger partial charge is 0.0833 e. The van der Waals surface area contributed by atoms with Crippen molar-refractivity contribution in [3.63, 3.8) is 0 Å². The number of aromatic nitrogens is 3. The Morgan fingerprint density at radius 3 is 2.38 bits per heavy atom. The Morgan fingerprint density at radius 2 is 2.00 bits per heavy atom. The van der Waals surface area contributed by atoms with Gasteiger partial charge in [0.05, 0.1) is 5.69 Å². The molecule has 0 amide bonds. The van der Waals surface area contributed by atoms with Crippen LogP contribution in [0, 0.1) is 11.3 Å². The zero-order valence-electron chi connectivity index (χ0n) is 10.1. The van der Waals surface area contributed by atoms with E-state index in [1.54, 1.807) is 4.68 Å². The van der Waals surface area contributed by atoms with E-state index in [2.05, 4.69) is 24.2 Å². The van der Waals surface area contributed by atoms with Crippen LogP contribution < -0.4 is 0 Å². The van der Waals surface area contributed by atoms with Crippen LogP contribution in [-0.4, -0.2) is 26.8 Å². The van der Waals surface area contributed by atoms with Crippen LogP contribution >= 0.6 is 23.2 Å². The fourth-order valence-corrected chi connectivity index (χ4v) is 2.73. The Kier molecular flexibility index (Phi) is 5.06. The molecule has 0 unspecified atom stereocenters. The zero-order valence-corrected chi connectivity index (χ0v) is 11.6. The van der Waals surface area contributed by atoms with E-state index in [0.29, 0.717) is 17.7 Å². The number of alkyl halides is 2. The highest BCUT2D eigenvalue weighted by atomic mass is 35.5. The van der Waals surface area contributed by atoms with Crippen molar-refractivity contribution in [3.8, 4) is 0 Å². The molecular formula is C11H19Cl2N3. The van der Waals surface area contributed by atoms with Gasteiger partial charge in [0.1, 0.15) is 0 Å². The summed E-state index contributed by atoms with van der Waals surface area (Å²) in [7, 11) is 1.86. The molecule has 1 aromatic heterocycles. The number of rotatable bonds is 6. The van der Waals surface area contributed by atoms with Crippen LogP contribution in [-0.2, 0) is 13.5 Å². The maximum absolute atomic E-state index is 6.09. The first-order valence-electron chi connectivity index (χ1n) is 5.48. The average molecular weight is 264 g/mol. The number of halogens is 2. The summed E-state index contributed by atoms with van der Waals surface area (Å²) in [5.41, 5.74) is 0.900. The first-order valence-corrected chi connectivity index (χ1v) is 6.55. The highest BCUT2D eigenvalue weighted by Crippen LogP contribution is 2.33. The van der Waals surface area contributed by atoms with Crippen molar-refractivity contribution in [2.75, 3.05) is 11.8 Å². The summed E-state index contributed by atoms with van der Waals surface area (Å²) in [6.45, 7) is 4.37. The molecule has 1 heterocycles. The molecule has 0 N–H and O–H groups in total. The fourth-order valence-electron chi connectivity index (χ4n) is 2.04. The van der Waals surface area contributed by atoms with Gasteiger partial charge >= 0.3 is 0 Å². The van der Waals surface area contributed by atoms with Gasteiger partial charge in [-0.15, -0.1) is 28.3 Å². The largest absolute Gasteiger partial charge is 0.255 e. The van der Waals surface area contributed by atoms with Crippen molar-refractivity contribution in [2.24, 2.45) is 18.4 Å². The van der Waals surface area contributed by atoms with Crippen molar-refractivity contribution >= 4 is 23.2 Å². The third-order valence-corrected chi connectivity index (χ3v) is 3.75. The van der Waals surface area contributed by atoms with Gasteiger partial charge in [0.25, 0.3) is 0 Å². The molecule has 0 atom stereocenters. The predicted molar refractivity (Wildman–Crippen MR) is 68.0 cm³/mol. The van der Waals surface area contributed by atoms with Crippen LogP contribution in [0.3, 0.4) is 0 Å². The van der Waals surface area contributed by atoms with E-state index in [9.17, 15) is 0 Å². The van der Waals surface area contributed by atoms with E-state index in [1.807, 2.05) is 13.2 Å². The molecule has 0 saturated carbocycles. The maximum atomic E-state index is 6.09. The van der Waals surface area contributed by atoms with Crippen molar-refractivity contribution < 1.29 is 0 Å². The molecule has 1 aromatic rings. The maximum Gasteiger partial charge on any atom is 0.0833 e. The molecule has 16 heavy (non-hydrogen) atoms. The Bertz CT molecular complexity index is 319. The van der Waals surface area contributed by atoms with E-state index in [1.165, 1.54) is 0 Å². The Morgan fingerprint density at radius 1 is 1.38 bits per heavy atom. The van der Waals surface area contributed by atoms with Gasteiger partial charge in [-0.25, -0.2) is 0 Å². The fraction of sp³-hybridized carbons (Fsp3) is 0.818. The van der Waals surface area contributed by atoms with Crippen molar-refractivity contribution in [2.45, 2.75) is 26.7 Å². The van der Waals surface area contributed by atoms with E-state index in [0.717, 1.165) is 18.5 Å². The molecule has 0 fully saturated rings. The zero-order chi connectivity index (χ0) is 12.2. The molecule has 0 saturated heterocycles. The second-order valence-corrected chi connectivity index (χ2v) is 5.46. The summed E-state index contributed by atoms with van der Waals surface area (Å²) < 4.78 is 1.71. The number of aryl methyl sites for hydroxylation is 1. The molecular weight excluding hydrogens is 245 g/mol. The number of hydrogen-bond acceptors (Lipinski definition) is 2. The van der Waals surface area contributed by atoms with Gasteiger partial charge in [0.15, 0.2) is 0 Å². The Balaban J connectivity index is 2.77. The SMILES string of the molecule is CC(C)CC(CCl)(CCl)Cc1cn(C)nn1. The second-order valence-electron chi connectivity index (χ2n) is 4.93. The molecule has 0 aliphatic carbocycles. The summed E-state index contributed by atoms with van der Waals surface area (Å²) in [5, 5.41) is 8.03. The van der Waals surface area contributed by atoms with Crippen molar-refractivity contribution in [1.29, 1.82) is 0 Å². The van der Waals surface area contributed by atoms with E-state index in [4.69, 9.17) is 23.2 Å². The van der Waals surface area contributed by atoms with Gasteiger partial charge in [0.2, 0.25) is 0 Å². The molecule has 1 rings (SSSR count). The third-order valence-electron chi connectivity index (χ3n) is 2.61. The molecule has 0 aliphatic heterocycles. The quantitative estimate of drug-likeness (QED) is 0.740. The lowest BCUT2D eigenvalue weighted by atomic mass is 9.80. The van der Waals surface area contributed by atoms with Gasteiger partial charge in [-0.1, -0.05) is 19.1 Å². The average Bonchev–Trinajstić information content (AvgIpc) is 2.62. The minimum atomic E-state index is -0.0622. The van der Waals surface area contributed by atoms with Gasteiger partial charge in [-0.2, -0.15) is 0 Å². The molecule has 0 radical (unpaired) electrons. The molecule has 5 heteroatoms. The highest BCUT2D eigenvalue weighted by molar-refractivity contribution is 6.21. The summed E-state index contributed by atoms with van der Waals surface area (Å²) in [6.07, 6.45) is 3.73. The lowest BCUT2D eigenvalue weighted by Gasteiger charge is -2.30. The van der Waals surface area contributed by atoms with Crippen LogP contribution in [0.2, 0.25) is 0 Å². The lowest BCUT2D eigenvalue weighted by molar-refractivity contribution is 0.293. The summed E-state index contributed by atoms with van der Waals surface area (Å²) in [6, 6.07) is 0. The molecule has 0 aromatic carbocycles. The molecule has 3 nitrogen and oxygen atoms in total. The lowest BCUT2D eigenvalue weighted by Crippen LogP contribution is -2.30. The first-order chi connectivity index (χ1) is 7.51. The summed E-state index contributed by atoms with van der Waals surface area (Å²) >= 11 is 12.2. The number of hydrogen-bond donors (Lipinski definition) is 0. The van der Waals surface area contributed by atoms with Gasteiger partial charge in [0, 0.05) is 36.8 Å². The molecule has 0 aliphatic rings. The normalized spacial score (nSPS) is 12.4. The third kappa shape index (κ3) is 3.63. The van der Waals surface area contributed by atoms with Crippen LogP contribution in [0.1, 0.15) is 26.0 Å². The van der Waals surface area contributed by atoms with E-state index in [-0.39, 0.29) is 5.41 Å². The number of nitrogens with zero attached hydrogens (tertiary/aromatic N) is 3. The monoisotopic (exact) mass is 263 g/mol. The minimum Gasteiger partial charge on any atom is -0.255 e. The summed E-state index contributed by atoms with van der Waals surface area (Å²) in [4.78, 5) is 0. The predicted octanol–water partition coefficient (Wildman–Crippen LogP) is 2.87. The van der Waals surface area contributed by atoms with Crippen LogP contribution in [0.4, 0.5) is 0 Å². The Hall–Kier alpha value is -0.280. The van der Waals surface area contributed by atoms with Crippen molar-refractivity contribution in [1.82, 2.24) is 15.0 Å². The summed E-state index contributed by atoms with van der Waals surface area (Å²) in [5.74, 6) is 1.70. The van der Waals surface area contributed by atoms with E-state index >= 15 is 0 Å².